The van der Waals surface area contributed by atoms with Crippen LogP contribution in [0.2, 0.25) is 10.0 Å². The van der Waals surface area contributed by atoms with Crippen molar-refractivity contribution in [2.24, 2.45) is 0 Å². The van der Waals surface area contributed by atoms with E-state index in [0.29, 0.717) is 28.6 Å². The van der Waals surface area contributed by atoms with E-state index in [-0.39, 0.29) is 23.7 Å². The molecule has 0 unspecified atom stereocenters. The molecule has 0 saturated carbocycles. The number of halogens is 2. The number of esters is 1. The average Bonchev–Trinajstić information content (AvgIpc) is 3.04. The fraction of sp³-hybridized carbons (Fsp3) is 0.316. The molecule has 0 bridgehead atoms. The monoisotopic (exact) mass is 456 g/mol. The highest BCUT2D eigenvalue weighted by Crippen LogP contribution is 2.38. The minimum absolute atomic E-state index is 0.200. The zero-order valence-electron chi connectivity index (χ0n) is 15.7. The Morgan fingerprint density at radius 3 is 2.69 bits per heavy atom. The molecular formula is C19H18Cl2N2O5S. The number of methoxy groups -OCH3 is 1. The summed E-state index contributed by atoms with van der Waals surface area (Å²) in [5, 5.41) is 3.73. The lowest BCUT2D eigenvalue weighted by Crippen LogP contribution is -2.35. The number of benzene rings is 1. The molecule has 2 amide bonds. The van der Waals surface area contributed by atoms with Gasteiger partial charge in [0, 0.05) is 16.4 Å². The molecule has 0 radical (unpaired) electrons. The minimum atomic E-state index is -0.519. The smallest absolute Gasteiger partial charge is 0.409 e. The highest BCUT2D eigenvalue weighted by molar-refractivity contribution is 7.17. The molecule has 3 rings (SSSR count). The summed E-state index contributed by atoms with van der Waals surface area (Å²) in [5.41, 5.74) is 1.31. The Balaban J connectivity index is 1.95. The van der Waals surface area contributed by atoms with Crippen molar-refractivity contribution >= 4 is 57.5 Å². The minimum Gasteiger partial charge on any atom is -0.462 e. The quantitative estimate of drug-likeness (QED) is 0.678. The van der Waals surface area contributed by atoms with Gasteiger partial charge in [0.15, 0.2) is 0 Å². The van der Waals surface area contributed by atoms with Crippen LogP contribution in [0.15, 0.2) is 18.2 Å². The highest BCUT2D eigenvalue weighted by atomic mass is 35.5. The van der Waals surface area contributed by atoms with Crippen molar-refractivity contribution in [3.8, 4) is 0 Å². The Hall–Kier alpha value is -2.29. The van der Waals surface area contributed by atoms with E-state index in [1.807, 2.05) is 0 Å². The van der Waals surface area contributed by atoms with E-state index in [1.165, 1.54) is 35.5 Å². The normalized spacial score (nSPS) is 12.9. The number of hydrogen-bond acceptors (Lipinski definition) is 6. The van der Waals surface area contributed by atoms with Crippen LogP contribution >= 0.6 is 34.5 Å². The summed E-state index contributed by atoms with van der Waals surface area (Å²) in [6.45, 7) is 2.60. The van der Waals surface area contributed by atoms with Crippen molar-refractivity contribution < 1.29 is 23.9 Å². The van der Waals surface area contributed by atoms with Crippen LogP contribution in [0.1, 0.15) is 38.1 Å². The van der Waals surface area contributed by atoms with Crippen molar-refractivity contribution in [3.63, 3.8) is 0 Å². The first kappa shape index (κ1) is 21.4. The largest absolute Gasteiger partial charge is 0.462 e. The van der Waals surface area contributed by atoms with Gasteiger partial charge in [0.2, 0.25) is 0 Å². The van der Waals surface area contributed by atoms with E-state index in [9.17, 15) is 14.4 Å². The molecule has 0 atom stereocenters. The number of anilines is 1. The lowest BCUT2D eigenvalue weighted by molar-refractivity contribution is 0.0526. The third-order valence-electron chi connectivity index (χ3n) is 4.37. The average molecular weight is 457 g/mol. The molecule has 1 aliphatic rings. The Morgan fingerprint density at radius 1 is 1.28 bits per heavy atom. The number of ether oxygens (including phenoxy) is 2. The van der Waals surface area contributed by atoms with Gasteiger partial charge in [-0.15, -0.1) is 11.3 Å². The summed E-state index contributed by atoms with van der Waals surface area (Å²) < 4.78 is 9.96. The highest BCUT2D eigenvalue weighted by Gasteiger charge is 2.31. The van der Waals surface area contributed by atoms with Crippen molar-refractivity contribution in [3.05, 3.63) is 49.8 Å². The molecule has 29 heavy (non-hydrogen) atoms. The molecule has 7 nitrogen and oxygen atoms in total. The van der Waals surface area contributed by atoms with Crippen LogP contribution in [-0.2, 0) is 22.4 Å². The molecule has 1 aromatic carbocycles. The number of nitrogens with one attached hydrogen (secondary N) is 1. The van der Waals surface area contributed by atoms with Crippen LogP contribution < -0.4 is 5.32 Å². The van der Waals surface area contributed by atoms with E-state index in [2.05, 4.69) is 5.32 Å². The SMILES string of the molecule is CCOC(=O)c1c(NC(=O)c2ccc(Cl)cc2Cl)sc2c1CCN(C(=O)OC)C2. The van der Waals surface area contributed by atoms with Gasteiger partial charge < -0.3 is 19.7 Å². The maximum absolute atomic E-state index is 12.7. The van der Waals surface area contributed by atoms with Crippen molar-refractivity contribution in [1.82, 2.24) is 4.90 Å². The standard InChI is InChI=1S/C19H18Cl2N2O5S/c1-3-28-18(25)15-12-6-7-23(19(26)27-2)9-14(12)29-17(15)22-16(24)11-5-4-10(20)8-13(11)21/h4-5,8H,3,6-7,9H2,1-2H3,(H,22,24). The lowest BCUT2D eigenvalue weighted by atomic mass is 10.0. The van der Waals surface area contributed by atoms with Gasteiger partial charge in [0.05, 0.1) is 36.4 Å². The topological polar surface area (TPSA) is 84.9 Å². The number of thiophene rings is 1. The summed E-state index contributed by atoms with van der Waals surface area (Å²) in [4.78, 5) is 39.5. The molecule has 1 aromatic heterocycles. The second kappa shape index (κ2) is 9.02. The van der Waals surface area contributed by atoms with Crippen LogP contribution in [0.3, 0.4) is 0 Å². The molecule has 0 spiro atoms. The van der Waals surface area contributed by atoms with Gasteiger partial charge >= 0.3 is 12.1 Å². The maximum atomic E-state index is 12.7. The number of rotatable bonds is 4. The number of carbonyl (C=O) groups excluding carboxylic acids is 3. The summed E-state index contributed by atoms with van der Waals surface area (Å²) in [6, 6.07) is 4.54. The number of amides is 2. The lowest BCUT2D eigenvalue weighted by Gasteiger charge is -2.25. The maximum Gasteiger partial charge on any atom is 0.409 e. The molecular weight excluding hydrogens is 439 g/mol. The van der Waals surface area contributed by atoms with E-state index >= 15 is 0 Å². The van der Waals surface area contributed by atoms with E-state index in [4.69, 9.17) is 32.7 Å². The van der Waals surface area contributed by atoms with Gasteiger partial charge in [-0.3, -0.25) is 4.79 Å². The summed E-state index contributed by atoms with van der Waals surface area (Å²) >= 11 is 13.2. The molecule has 1 N–H and O–H groups in total. The summed E-state index contributed by atoms with van der Waals surface area (Å²) in [5.74, 6) is -0.991. The third-order valence-corrected chi connectivity index (χ3v) is 6.05. The van der Waals surface area contributed by atoms with Gasteiger partial charge in [0.25, 0.3) is 5.91 Å². The first-order valence-corrected chi connectivity index (χ1v) is 10.3. The fourth-order valence-electron chi connectivity index (χ4n) is 3.04. The zero-order valence-corrected chi connectivity index (χ0v) is 18.0. The second-order valence-corrected chi connectivity index (χ2v) is 8.10. The van der Waals surface area contributed by atoms with Gasteiger partial charge in [-0.25, -0.2) is 9.59 Å². The predicted molar refractivity (Wildman–Crippen MR) is 111 cm³/mol. The van der Waals surface area contributed by atoms with Crippen LogP contribution in [0.4, 0.5) is 9.80 Å². The first-order chi connectivity index (χ1) is 13.8. The number of carbonyl (C=O) groups is 3. The predicted octanol–water partition coefficient (Wildman–Crippen LogP) is 4.61. The first-order valence-electron chi connectivity index (χ1n) is 8.76. The molecule has 0 aliphatic carbocycles. The van der Waals surface area contributed by atoms with Gasteiger partial charge in [-0.1, -0.05) is 23.2 Å². The molecule has 10 heteroatoms. The number of nitrogens with zero attached hydrogens (tertiary/aromatic N) is 1. The van der Waals surface area contributed by atoms with E-state index < -0.39 is 18.0 Å². The van der Waals surface area contributed by atoms with Crippen LogP contribution in [0, 0.1) is 0 Å². The van der Waals surface area contributed by atoms with Crippen molar-refractivity contribution in [2.45, 2.75) is 19.9 Å². The molecule has 0 saturated heterocycles. The Bertz CT molecular complexity index is 976. The Labute approximate surface area is 181 Å². The second-order valence-electron chi connectivity index (χ2n) is 6.15. The number of hydrogen-bond donors (Lipinski definition) is 1. The third kappa shape index (κ3) is 4.49. The Morgan fingerprint density at radius 2 is 2.03 bits per heavy atom. The van der Waals surface area contributed by atoms with Gasteiger partial charge in [0.1, 0.15) is 5.00 Å². The molecule has 0 fully saturated rings. The van der Waals surface area contributed by atoms with Crippen LogP contribution in [0.5, 0.6) is 0 Å². The van der Waals surface area contributed by atoms with Crippen LogP contribution in [-0.4, -0.2) is 43.1 Å². The van der Waals surface area contributed by atoms with Crippen molar-refractivity contribution in [2.75, 3.05) is 25.6 Å². The van der Waals surface area contributed by atoms with Gasteiger partial charge in [-0.2, -0.15) is 0 Å². The molecule has 2 heterocycles. The fourth-order valence-corrected chi connectivity index (χ4v) is 4.78. The van der Waals surface area contributed by atoms with E-state index in [1.54, 1.807) is 13.0 Å². The molecule has 1 aliphatic heterocycles. The number of fused-ring (bicyclic) bond motifs is 1. The Kier molecular flexibility index (Phi) is 6.66. The summed E-state index contributed by atoms with van der Waals surface area (Å²) in [6.07, 6.45) is 0.00685. The molecule has 154 valence electrons. The van der Waals surface area contributed by atoms with Crippen LogP contribution in [0.25, 0.3) is 0 Å². The van der Waals surface area contributed by atoms with E-state index in [0.717, 1.165) is 10.4 Å². The van der Waals surface area contributed by atoms with Crippen molar-refractivity contribution in [1.29, 1.82) is 0 Å². The zero-order chi connectivity index (χ0) is 21.1. The summed E-state index contributed by atoms with van der Waals surface area (Å²) in [7, 11) is 1.32. The molecule has 2 aromatic rings. The van der Waals surface area contributed by atoms with Gasteiger partial charge in [-0.05, 0) is 37.1 Å².